The number of hydrogen-bond acceptors (Lipinski definition) is 4. The van der Waals surface area contributed by atoms with Gasteiger partial charge in [-0.05, 0) is 24.3 Å². The van der Waals surface area contributed by atoms with Crippen LogP contribution in [-0.2, 0) is 0 Å². The van der Waals surface area contributed by atoms with Crippen LogP contribution in [0, 0.1) is 5.82 Å². The molecule has 2 aromatic rings. The highest BCUT2D eigenvalue weighted by Crippen LogP contribution is 2.34. The summed E-state index contributed by atoms with van der Waals surface area (Å²) in [5, 5.41) is 2.67. The van der Waals surface area contributed by atoms with Crippen molar-refractivity contribution in [3.8, 4) is 17.2 Å². The summed E-state index contributed by atoms with van der Waals surface area (Å²) in [6.45, 7) is 0. The van der Waals surface area contributed by atoms with Crippen LogP contribution in [0.15, 0.2) is 36.4 Å². The third-order valence-electron chi connectivity index (χ3n) is 3.05. The van der Waals surface area contributed by atoms with Crippen molar-refractivity contribution in [1.82, 2.24) is 0 Å². The molecule has 0 atom stereocenters. The molecular weight excluding hydrogens is 289 g/mol. The van der Waals surface area contributed by atoms with Crippen LogP contribution in [0.3, 0.4) is 0 Å². The van der Waals surface area contributed by atoms with Crippen LogP contribution in [-0.4, -0.2) is 27.2 Å². The number of carbonyl (C=O) groups is 1. The number of ether oxygens (including phenoxy) is 3. The smallest absolute Gasteiger partial charge is 0.259 e. The predicted octanol–water partition coefficient (Wildman–Crippen LogP) is 3.10. The molecule has 0 fully saturated rings. The van der Waals surface area contributed by atoms with Crippen molar-refractivity contribution >= 4 is 11.6 Å². The number of hydrogen-bond donors (Lipinski definition) is 1. The highest BCUT2D eigenvalue weighted by atomic mass is 19.1. The quantitative estimate of drug-likeness (QED) is 0.922. The lowest BCUT2D eigenvalue weighted by Gasteiger charge is -2.14. The second-order valence-corrected chi connectivity index (χ2v) is 4.37. The summed E-state index contributed by atoms with van der Waals surface area (Å²) in [5.41, 5.74) is 0.757. The summed E-state index contributed by atoms with van der Waals surface area (Å²) in [6.07, 6.45) is 0. The van der Waals surface area contributed by atoms with E-state index in [0.29, 0.717) is 22.9 Å². The molecule has 0 aliphatic rings. The maximum atomic E-state index is 12.9. The maximum Gasteiger partial charge on any atom is 0.259 e. The number of carbonyl (C=O) groups excluding carboxylic acids is 1. The van der Waals surface area contributed by atoms with Crippen LogP contribution in [0.5, 0.6) is 17.2 Å². The number of nitrogens with one attached hydrogen (secondary N) is 1. The van der Waals surface area contributed by atoms with Crippen molar-refractivity contribution < 1.29 is 23.4 Å². The number of amides is 1. The topological polar surface area (TPSA) is 56.8 Å². The van der Waals surface area contributed by atoms with Gasteiger partial charge >= 0.3 is 0 Å². The fourth-order valence-electron chi connectivity index (χ4n) is 1.94. The number of anilines is 1. The van der Waals surface area contributed by atoms with Gasteiger partial charge in [0.05, 0.1) is 26.9 Å². The fourth-order valence-corrected chi connectivity index (χ4v) is 1.94. The molecule has 0 spiro atoms. The Morgan fingerprint density at radius 1 is 0.909 bits per heavy atom. The fraction of sp³-hybridized carbons (Fsp3) is 0.188. The second-order valence-electron chi connectivity index (χ2n) is 4.37. The molecular formula is C16H16FNO4. The van der Waals surface area contributed by atoms with Crippen molar-refractivity contribution in [1.29, 1.82) is 0 Å². The van der Waals surface area contributed by atoms with Gasteiger partial charge in [-0.2, -0.15) is 0 Å². The van der Waals surface area contributed by atoms with E-state index in [4.69, 9.17) is 14.2 Å². The van der Waals surface area contributed by atoms with Gasteiger partial charge in [-0.25, -0.2) is 4.39 Å². The molecule has 0 saturated carbocycles. The van der Waals surface area contributed by atoms with E-state index in [1.165, 1.54) is 51.7 Å². The lowest BCUT2D eigenvalue weighted by Crippen LogP contribution is -2.13. The Bertz CT molecular complexity index is 671. The highest BCUT2D eigenvalue weighted by Gasteiger charge is 2.17. The van der Waals surface area contributed by atoms with Crippen LogP contribution in [0.4, 0.5) is 10.1 Å². The number of benzene rings is 2. The third kappa shape index (κ3) is 3.28. The zero-order valence-corrected chi connectivity index (χ0v) is 12.5. The minimum absolute atomic E-state index is 0.282. The minimum Gasteiger partial charge on any atom is -0.496 e. The van der Waals surface area contributed by atoms with Gasteiger partial charge in [0.1, 0.15) is 11.6 Å². The van der Waals surface area contributed by atoms with Crippen molar-refractivity contribution in [3.05, 3.63) is 47.8 Å². The molecule has 2 rings (SSSR count). The van der Waals surface area contributed by atoms with E-state index in [-0.39, 0.29) is 11.4 Å². The van der Waals surface area contributed by atoms with Gasteiger partial charge < -0.3 is 19.5 Å². The molecule has 0 radical (unpaired) electrons. The Morgan fingerprint density at radius 3 is 2.00 bits per heavy atom. The van der Waals surface area contributed by atoms with Gasteiger partial charge in [-0.3, -0.25) is 4.79 Å². The molecule has 0 unspecified atom stereocenters. The summed E-state index contributed by atoms with van der Waals surface area (Å²) >= 11 is 0. The van der Waals surface area contributed by atoms with Crippen LogP contribution in [0.2, 0.25) is 0 Å². The number of methoxy groups -OCH3 is 3. The molecule has 0 saturated heterocycles. The lowest BCUT2D eigenvalue weighted by molar-refractivity contribution is 0.102. The van der Waals surface area contributed by atoms with E-state index in [2.05, 4.69) is 5.32 Å². The van der Waals surface area contributed by atoms with E-state index in [1.54, 1.807) is 6.07 Å². The second kappa shape index (κ2) is 6.80. The molecule has 5 nitrogen and oxygen atoms in total. The van der Waals surface area contributed by atoms with E-state index in [0.717, 1.165) is 0 Å². The molecule has 0 bridgehead atoms. The van der Waals surface area contributed by atoms with Crippen LogP contribution in [0.1, 0.15) is 10.4 Å². The van der Waals surface area contributed by atoms with Crippen LogP contribution in [0.25, 0.3) is 0 Å². The Kier molecular flexibility index (Phi) is 4.83. The summed E-state index contributed by atoms with van der Waals surface area (Å²) in [7, 11) is 4.43. The first-order valence-electron chi connectivity index (χ1n) is 6.46. The zero-order chi connectivity index (χ0) is 16.1. The molecule has 1 amide bonds. The summed E-state index contributed by atoms with van der Waals surface area (Å²) in [4.78, 5) is 12.4. The van der Waals surface area contributed by atoms with E-state index in [1.807, 2.05) is 0 Å². The Labute approximate surface area is 127 Å². The van der Waals surface area contributed by atoms with Crippen molar-refractivity contribution in [3.63, 3.8) is 0 Å². The monoisotopic (exact) mass is 305 g/mol. The van der Waals surface area contributed by atoms with Crippen molar-refractivity contribution in [2.45, 2.75) is 0 Å². The first-order chi connectivity index (χ1) is 10.6. The molecule has 22 heavy (non-hydrogen) atoms. The Balaban J connectivity index is 2.33. The molecule has 0 heterocycles. The molecule has 2 aromatic carbocycles. The zero-order valence-electron chi connectivity index (χ0n) is 12.5. The molecule has 0 aliphatic heterocycles. The minimum atomic E-state index is -0.399. The standard InChI is InChI=1S/C16H16FNO4/c1-20-13-9-15(22-3)14(21-2)8-12(13)16(19)18-11-6-4-10(17)5-7-11/h4-9H,1-3H3,(H,18,19). The average molecular weight is 305 g/mol. The molecule has 116 valence electrons. The third-order valence-corrected chi connectivity index (χ3v) is 3.05. The van der Waals surface area contributed by atoms with Gasteiger partial charge in [-0.15, -0.1) is 0 Å². The Morgan fingerprint density at radius 2 is 1.45 bits per heavy atom. The predicted molar refractivity (Wildman–Crippen MR) is 80.5 cm³/mol. The first kappa shape index (κ1) is 15.6. The van der Waals surface area contributed by atoms with Crippen LogP contribution < -0.4 is 19.5 Å². The van der Waals surface area contributed by atoms with Gasteiger partial charge in [0.15, 0.2) is 11.5 Å². The SMILES string of the molecule is COc1cc(OC)c(C(=O)Nc2ccc(F)cc2)cc1OC. The van der Waals surface area contributed by atoms with Crippen molar-refractivity contribution in [2.75, 3.05) is 26.6 Å². The lowest BCUT2D eigenvalue weighted by atomic mass is 10.1. The van der Waals surface area contributed by atoms with Gasteiger partial charge in [-0.1, -0.05) is 0 Å². The first-order valence-corrected chi connectivity index (χ1v) is 6.46. The van der Waals surface area contributed by atoms with Crippen molar-refractivity contribution in [2.24, 2.45) is 0 Å². The molecule has 0 aliphatic carbocycles. The largest absolute Gasteiger partial charge is 0.496 e. The summed E-state index contributed by atoms with van der Waals surface area (Å²) in [5.74, 6) is 0.439. The number of halogens is 1. The Hall–Kier alpha value is -2.76. The maximum absolute atomic E-state index is 12.9. The normalized spacial score (nSPS) is 10.0. The molecule has 6 heteroatoms. The van der Waals surface area contributed by atoms with Gasteiger partial charge in [0, 0.05) is 17.8 Å². The van der Waals surface area contributed by atoms with E-state index >= 15 is 0 Å². The molecule has 0 aromatic heterocycles. The summed E-state index contributed by atoms with van der Waals surface area (Å²) < 4.78 is 28.4. The van der Waals surface area contributed by atoms with Crippen LogP contribution >= 0.6 is 0 Å². The summed E-state index contributed by atoms with van der Waals surface area (Å²) in [6, 6.07) is 8.57. The van der Waals surface area contributed by atoms with E-state index in [9.17, 15) is 9.18 Å². The van der Waals surface area contributed by atoms with Gasteiger partial charge in [0.2, 0.25) is 0 Å². The molecule has 1 N–H and O–H groups in total. The average Bonchev–Trinajstić information content (AvgIpc) is 2.55. The van der Waals surface area contributed by atoms with Gasteiger partial charge in [0.25, 0.3) is 5.91 Å². The highest BCUT2D eigenvalue weighted by molar-refractivity contribution is 6.06. The van der Waals surface area contributed by atoms with E-state index < -0.39 is 5.91 Å². The number of rotatable bonds is 5.